The van der Waals surface area contributed by atoms with Crippen molar-refractivity contribution in [3.8, 4) is 5.75 Å². The maximum atomic E-state index is 13.9. The van der Waals surface area contributed by atoms with E-state index in [2.05, 4.69) is 26.8 Å². The number of hydrogen-bond acceptors (Lipinski definition) is 6. The first-order valence-corrected chi connectivity index (χ1v) is 13.3. The molecule has 0 aliphatic carbocycles. The maximum Gasteiger partial charge on any atom is 0.266 e. The number of amides is 1. The van der Waals surface area contributed by atoms with Crippen molar-refractivity contribution in [2.75, 3.05) is 19.8 Å². The summed E-state index contributed by atoms with van der Waals surface area (Å²) in [6, 6.07) is 25.1. The molecule has 0 radical (unpaired) electrons. The number of benzene rings is 3. The lowest BCUT2D eigenvalue weighted by molar-refractivity contribution is -0.130. The molecule has 1 aliphatic rings. The molecular weight excluding hydrogens is 534 g/mol. The summed E-state index contributed by atoms with van der Waals surface area (Å²) in [7, 11) is 0. The van der Waals surface area contributed by atoms with Gasteiger partial charge in [0.15, 0.2) is 11.6 Å². The molecule has 0 aromatic heterocycles. The minimum absolute atomic E-state index is 0.0826. The van der Waals surface area contributed by atoms with Crippen LogP contribution >= 0.6 is 15.9 Å². The zero-order valence-electron chi connectivity index (χ0n) is 20.8. The molecule has 1 heterocycles. The Labute approximate surface area is 226 Å². The molecule has 1 aliphatic heterocycles. The molecule has 0 unspecified atom stereocenters. The summed E-state index contributed by atoms with van der Waals surface area (Å²) in [5.41, 5.74) is 7.26. The SMILES string of the molecule is CCCNNC(=O)[C@@]1(Cc2ccc(Br)cc2)N=C(c2ccc(OCCCO)cc2)O[C@H]1c1ccccc1. The predicted molar refractivity (Wildman–Crippen MR) is 147 cm³/mol. The molecule has 3 aromatic carbocycles. The van der Waals surface area contributed by atoms with E-state index in [-0.39, 0.29) is 12.5 Å². The van der Waals surface area contributed by atoms with Crippen molar-refractivity contribution in [1.82, 2.24) is 10.9 Å². The summed E-state index contributed by atoms with van der Waals surface area (Å²) in [4.78, 5) is 18.9. The number of carbonyl (C=O) groups excluding carboxylic acids is 1. The normalized spacial score (nSPS) is 18.7. The van der Waals surface area contributed by atoms with Gasteiger partial charge in [-0.25, -0.2) is 10.4 Å². The molecule has 3 N–H and O–H groups in total. The smallest absolute Gasteiger partial charge is 0.266 e. The van der Waals surface area contributed by atoms with Gasteiger partial charge in [0.25, 0.3) is 5.91 Å². The molecule has 8 heteroatoms. The highest BCUT2D eigenvalue weighted by atomic mass is 79.9. The minimum atomic E-state index is -1.23. The van der Waals surface area contributed by atoms with Crippen LogP contribution < -0.4 is 15.6 Å². The van der Waals surface area contributed by atoms with Gasteiger partial charge in [0.1, 0.15) is 5.75 Å². The molecule has 37 heavy (non-hydrogen) atoms. The molecule has 4 rings (SSSR count). The van der Waals surface area contributed by atoms with Gasteiger partial charge in [-0.2, -0.15) is 0 Å². The van der Waals surface area contributed by atoms with Crippen LogP contribution in [0.3, 0.4) is 0 Å². The van der Waals surface area contributed by atoms with E-state index in [0.717, 1.165) is 27.6 Å². The van der Waals surface area contributed by atoms with Crippen molar-refractivity contribution in [3.63, 3.8) is 0 Å². The Balaban J connectivity index is 1.73. The molecule has 0 bridgehead atoms. The van der Waals surface area contributed by atoms with E-state index < -0.39 is 11.6 Å². The second-order valence-corrected chi connectivity index (χ2v) is 9.80. The van der Waals surface area contributed by atoms with Gasteiger partial charge in [-0.05, 0) is 53.9 Å². The third-order valence-electron chi connectivity index (χ3n) is 6.10. The minimum Gasteiger partial charge on any atom is -0.494 e. The quantitative estimate of drug-likeness (QED) is 0.218. The van der Waals surface area contributed by atoms with Crippen LogP contribution in [0.5, 0.6) is 5.75 Å². The highest BCUT2D eigenvalue weighted by Gasteiger charge is 2.53. The van der Waals surface area contributed by atoms with E-state index in [1.165, 1.54) is 0 Å². The first-order valence-electron chi connectivity index (χ1n) is 12.5. The molecule has 3 aromatic rings. The molecule has 0 fully saturated rings. The monoisotopic (exact) mass is 565 g/mol. The van der Waals surface area contributed by atoms with Crippen molar-refractivity contribution in [2.24, 2.45) is 4.99 Å². The second kappa shape index (κ2) is 12.9. The number of aliphatic hydroxyl groups excluding tert-OH is 1. The number of ether oxygens (including phenoxy) is 2. The van der Waals surface area contributed by atoms with Gasteiger partial charge in [0.05, 0.1) is 6.61 Å². The standard InChI is InChI=1S/C29H32BrN3O4/c1-2-17-31-33-28(35)29(20-21-9-13-24(30)14-10-21)26(22-7-4-3-5-8-22)37-27(32-29)23-11-15-25(16-12-23)36-19-6-18-34/h3-5,7-16,26,31,34H,2,6,17-20H2,1H3,(H,33,35)/t26-,29-/m0/s1. The molecular formula is C29H32BrN3O4. The van der Waals surface area contributed by atoms with Crippen molar-refractivity contribution in [3.05, 3.63) is 100 Å². The van der Waals surface area contributed by atoms with E-state index in [0.29, 0.717) is 37.6 Å². The summed E-state index contributed by atoms with van der Waals surface area (Å²) in [6.07, 6.45) is 1.16. The molecule has 1 amide bonds. The largest absolute Gasteiger partial charge is 0.494 e. The van der Waals surface area contributed by atoms with Crippen LogP contribution in [-0.2, 0) is 16.0 Å². The second-order valence-electron chi connectivity index (χ2n) is 8.88. The summed E-state index contributed by atoms with van der Waals surface area (Å²) >= 11 is 3.49. The van der Waals surface area contributed by atoms with Crippen LogP contribution in [0, 0.1) is 0 Å². The van der Waals surface area contributed by atoms with Gasteiger partial charge in [-0.15, -0.1) is 0 Å². The molecule has 0 spiro atoms. The van der Waals surface area contributed by atoms with Crippen molar-refractivity contribution in [2.45, 2.75) is 37.8 Å². The van der Waals surface area contributed by atoms with E-state index in [1.54, 1.807) is 0 Å². The van der Waals surface area contributed by atoms with Gasteiger partial charge in [-0.3, -0.25) is 10.2 Å². The van der Waals surface area contributed by atoms with E-state index in [4.69, 9.17) is 19.6 Å². The number of aliphatic hydroxyl groups is 1. The molecule has 0 saturated heterocycles. The van der Waals surface area contributed by atoms with E-state index in [1.807, 2.05) is 85.8 Å². The highest BCUT2D eigenvalue weighted by Crippen LogP contribution is 2.42. The third kappa shape index (κ3) is 6.57. The van der Waals surface area contributed by atoms with Gasteiger partial charge in [0, 0.05) is 36.0 Å². The number of nitrogens with one attached hydrogen (secondary N) is 2. The molecule has 194 valence electrons. The average Bonchev–Trinajstić information content (AvgIpc) is 3.31. The lowest BCUT2D eigenvalue weighted by Crippen LogP contribution is -2.54. The van der Waals surface area contributed by atoms with Crippen LogP contribution in [0.2, 0.25) is 0 Å². The predicted octanol–water partition coefficient (Wildman–Crippen LogP) is 4.74. The fourth-order valence-electron chi connectivity index (χ4n) is 4.20. The zero-order chi connectivity index (χ0) is 26.1. The first kappa shape index (κ1) is 26.9. The number of aliphatic imine (C=N–C) groups is 1. The summed E-state index contributed by atoms with van der Waals surface area (Å²) in [6.45, 7) is 3.20. The fourth-order valence-corrected chi connectivity index (χ4v) is 4.46. The molecule has 7 nitrogen and oxygen atoms in total. The molecule has 0 saturated carbocycles. The zero-order valence-corrected chi connectivity index (χ0v) is 22.4. The number of hydrogen-bond donors (Lipinski definition) is 3. The Kier molecular flexibility index (Phi) is 9.33. The Morgan fingerprint density at radius 2 is 1.81 bits per heavy atom. The van der Waals surface area contributed by atoms with Crippen LogP contribution in [0.25, 0.3) is 0 Å². The number of halogens is 1. The van der Waals surface area contributed by atoms with Gasteiger partial charge < -0.3 is 14.6 Å². The maximum absolute atomic E-state index is 13.9. The first-order chi connectivity index (χ1) is 18.1. The Bertz CT molecular complexity index is 1190. The summed E-state index contributed by atoms with van der Waals surface area (Å²) < 4.78 is 13.1. The van der Waals surface area contributed by atoms with Gasteiger partial charge >= 0.3 is 0 Å². The van der Waals surface area contributed by atoms with Crippen molar-refractivity contribution in [1.29, 1.82) is 0 Å². The van der Waals surface area contributed by atoms with Crippen molar-refractivity contribution < 1.29 is 19.4 Å². The van der Waals surface area contributed by atoms with E-state index >= 15 is 0 Å². The Hall–Kier alpha value is -3.20. The summed E-state index contributed by atoms with van der Waals surface area (Å²) in [5, 5.41) is 8.98. The molecule has 2 atom stereocenters. The average molecular weight is 566 g/mol. The number of hydrazine groups is 1. The topological polar surface area (TPSA) is 92.2 Å². The Morgan fingerprint density at radius 1 is 1.08 bits per heavy atom. The van der Waals surface area contributed by atoms with Crippen LogP contribution in [-0.4, -0.2) is 42.2 Å². The Morgan fingerprint density at radius 3 is 2.49 bits per heavy atom. The number of rotatable bonds is 12. The van der Waals surface area contributed by atoms with Gasteiger partial charge in [0.2, 0.25) is 5.90 Å². The fraction of sp³-hybridized carbons (Fsp3) is 0.310. The lowest BCUT2D eigenvalue weighted by Gasteiger charge is -2.30. The van der Waals surface area contributed by atoms with E-state index in [9.17, 15) is 4.79 Å². The van der Waals surface area contributed by atoms with Crippen LogP contribution in [0.1, 0.15) is 42.6 Å². The lowest BCUT2D eigenvalue weighted by atomic mass is 9.82. The van der Waals surface area contributed by atoms with Crippen LogP contribution in [0.4, 0.5) is 0 Å². The highest BCUT2D eigenvalue weighted by molar-refractivity contribution is 9.10. The number of carbonyl (C=O) groups is 1. The van der Waals surface area contributed by atoms with Crippen LogP contribution in [0.15, 0.2) is 88.3 Å². The van der Waals surface area contributed by atoms with Crippen molar-refractivity contribution >= 4 is 27.7 Å². The van der Waals surface area contributed by atoms with Gasteiger partial charge in [-0.1, -0.05) is 65.3 Å². The summed E-state index contributed by atoms with van der Waals surface area (Å²) in [5.74, 6) is 0.841. The third-order valence-corrected chi connectivity index (χ3v) is 6.62. The number of nitrogens with zero attached hydrogens (tertiary/aromatic N) is 1.